The minimum atomic E-state index is -0.451. The van der Waals surface area contributed by atoms with Crippen molar-refractivity contribution in [3.63, 3.8) is 0 Å². The van der Waals surface area contributed by atoms with Crippen LogP contribution in [0.5, 0.6) is 11.5 Å². The molecule has 172 valence electrons. The third-order valence-electron chi connectivity index (χ3n) is 4.94. The summed E-state index contributed by atoms with van der Waals surface area (Å²) in [6.07, 6.45) is 1.63. The number of nitrogens with zero attached hydrogens (tertiary/aromatic N) is 2. The Labute approximate surface area is 199 Å². The third kappa shape index (κ3) is 4.94. The summed E-state index contributed by atoms with van der Waals surface area (Å²) in [5, 5.41) is 10.9. The van der Waals surface area contributed by atoms with Gasteiger partial charge in [0.15, 0.2) is 11.5 Å². The predicted molar refractivity (Wildman–Crippen MR) is 130 cm³/mol. The van der Waals surface area contributed by atoms with Crippen molar-refractivity contribution < 1.29 is 24.0 Å². The largest absolute Gasteiger partial charge is 0.490 e. The van der Waals surface area contributed by atoms with Gasteiger partial charge in [-0.15, -0.1) is 0 Å². The number of imide groups is 1. The molecule has 1 aliphatic heterocycles. The van der Waals surface area contributed by atoms with E-state index in [4.69, 9.17) is 9.47 Å². The number of hydrogen-bond acceptors (Lipinski definition) is 7. The molecule has 0 N–H and O–H groups in total. The van der Waals surface area contributed by atoms with E-state index in [1.807, 2.05) is 13.0 Å². The van der Waals surface area contributed by atoms with Gasteiger partial charge in [-0.05, 0) is 60.7 Å². The predicted octanol–water partition coefficient (Wildman–Crippen LogP) is 5.81. The van der Waals surface area contributed by atoms with Gasteiger partial charge in [-0.3, -0.25) is 19.7 Å². The van der Waals surface area contributed by atoms with Crippen molar-refractivity contribution in [3.8, 4) is 11.5 Å². The van der Waals surface area contributed by atoms with Gasteiger partial charge in [-0.25, -0.2) is 4.90 Å². The molecule has 8 nitrogen and oxygen atoms in total. The first-order chi connectivity index (χ1) is 16.5. The van der Waals surface area contributed by atoms with Gasteiger partial charge in [0.2, 0.25) is 0 Å². The van der Waals surface area contributed by atoms with E-state index in [2.05, 4.69) is 0 Å². The highest BCUT2D eigenvalue weighted by molar-refractivity contribution is 8.19. The molecule has 3 aromatic rings. The number of anilines is 1. The maximum Gasteiger partial charge on any atom is 0.298 e. The number of rotatable bonds is 8. The van der Waals surface area contributed by atoms with Gasteiger partial charge in [0.05, 0.1) is 27.7 Å². The molecule has 1 fully saturated rings. The lowest BCUT2D eigenvalue weighted by Crippen LogP contribution is -2.27. The van der Waals surface area contributed by atoms with Gasteiger partial charge in [-0.1, -0.05) is 36.4 Å². The van der Waals surface area contributed by atoms with Crippen LogP contribution in [0.1, 0.15) is 18.1 Å². The zero-order chi connectivity index (χ0) is 24.1. The Bertz CT molecular complexity index is 1280. The molecule has 0 bridgehead atoms. The number of carbonyl (C=O) groups is 2. The molecular weight excluding hydrogens is 456 g/mol. The van der Waals surface area contributed by atoms with E-state index in [1.165, 1.54) is 6.07 Å². The van der Waals surface area contributed by atoms with Gasteiger partial charge < -0.3 is 9.47 Å². The zero-order valence-electron chi connectivity index (χ0n) is 18.2. The van der Waals surface area contributed by atoms with Crippen LogP contribution in [0.2, 0.25) is 0 Å². The molecule has 2 amide bonds. The minimum absolute atomic E-state index is 0.00740. The molecule has 0 saturated carbocycles. The summed E-state index contributed by atoms with van der Waals surface area (Å²) >= 11 is 0.869. The van der Waals surface area contributed by atoms with Gasteiger partial charge >= 0.3 is 0 Å². The standard InChI is InChI=1S/C25H20N2O6S/c1-2-32-22-14-17(12-13-21(22)33-16-18-8-6-7-11-20(18)27(30)31)15-23-24(28)26(25(29)34-23)19-9-4-3-5-10-19/h3-15H,2,16H2,1H3/b23-15-. The monoisotopic (exact) mass is 476 g/mol. The topological polar surface area (TPSA) is 99.0 Å². The van der Waals surface area contributed by atoms with E-state index in [1.54, 1.807) is 66.7 Å². The maximum atomic E-state index is 12.8. The number of nitro groups is 1. The van der Waals surface area contributed by atoms with Crippen LogP contribution in [-0.2, 0) is 11.4 Å². The Kier molecular flexibility index (Phi) is 6.93. The summed E-state index contributed by atoms with van der Waals surface area (Å²) < 4.78 is 11.5. The smallest absolute Gasteiger partial charge is 0.298 e. The zero-order valence-corrected chi connectivity index (χ0v) is 19.0. The van der Waals surface area contributed by atoms with Crippen molar-refractivity contribution in [2.45, 2.75) is 13.5 Å². The number of benzene rings is 3. The van der Waals surface area contributed by atoms with E-state index in [-0.39, 0.29) is 17.5 Å². The molecule has 0 radical (unpaired) electrons. The van der Waals surface area contributed by atoms with Crippen LogP contribution in [0.15, 0.2) is 77.7 Å². The summed E-state index contributed by atoms with van der Waals surface area (Å²) in [4.78, 5) is 37.5. The number of thioether (sulfide) groups is 1. The molecule has 1 aliphatic rings. The number of carbonyl (C=O) groups excluding carboxylic acids is 2. The second-order valence-corrected chi connectivity index (χ2v) is 8.16. The summed E-state index contributed by atoms with van der Waals surface area (Å²) in [7, 11) is 0. The number of amides is 2. The van der Waals surface area contributed by atoms with Crippen molar-refractivity contribution in [1.82, 2.24) is 0 Å². The van der Waals surface area contributed by atoms with Gasteiger partial charge in [0.25, 0.3) is 16.8 Å². The lowest BCUT2D eigenvalue weighted by Gasteiger charge is -2.13. The number of para-hydroxylation sites is 2. The summed E-state index contributed by atoms with van der Waals surface area (Å²) in [6.45, 7) is 2.19. The second-order valence-electron chi connectivity index (χ2n) is 7.17. The van der Waals surface area contributed by atoms with Crippen LogP contribution in [0.4, 0.5) is 16.2 Å². The van der Waals surface area contributed by atoms with Crippen LogP contribution in [-0.4, -0.2) is 22.7 Å². The fourth-order valence-corrected chi connectivity index (χ4v) is 4.23. The van der Waals surface area contributed by atoms with E-state index < -0.39 is 10.8 Å². The van der Waals surface area contributed by atoms with Crippen LogP contribution < -0.4 is 14.4 Å². The molecule has 9 heteroatoms. The Hall–Kier alpha value is -4.11. The third-order valence-corrected chi connectivity index (χ3v) is 5.81. The lowest BCUT2D eigenvalue weighted by atomic mass is 10.1. The SMILES string of the molecule is CCOc1cc(/C=C2\SC(=O)N(c3ccccc3)C2=O)ccc1OCc1ccccc1[N+](=O)[O-]. The minimum Gasteiger partial charge on any atom is -0.490 e. The van der Waals surface area contributed by atoms with E-state index in [0.717, 1.165) is 16.7 Å². The fraction of sp³-hybridized carbons (Fsp3) is 0.120. The number of hydrogen-bond donors (Lipinski definition) is 0. The first kappa shape index (κ1) is 23.1. The van der Waals surface area contributed by atoms with Gasteiger partial charge in [-0.2, -0.15) is 0 Å². The highest BCUT2D eigenvalue weighted by atomic mass is 32.2. The molecule has 1 saturated heterocycles. The maximum absolute atomic E-state index is 12.8. The quantitative estimate of drug-likeness (QED) is 0.230. The molecule has 0 aromatic heterocycles. The lowest BCUT2D eigenvalue weighted by molar-refractivity contribution is -0.385. The Morgan fingerprint density at radius 2 is 1.71 bits per heavy atom. The normalized spacial score (nSPS) is 14.5. The van der Waals surface area contributed by atoms with Crippen LogP contribution in [0, 0.1) is 10.1 Å². The Morgan fingerprint density at radius 3 is 2.44 bits per heavy atom. The molecule has 1 heterocycles. The van der Waals surface area contributed by atoms with Crippen molar-refractivity contribution in [2.75, 3.05) is 11.5 Å². The summed E-state index contributed by atoms with van der Waals surface area (Å²) in [5.41, 5.74) is 1.59. The molecule has 3 aromatic carbocycles. The molecular formula is C25H20N2O6S. The fourth-order valence-electron chi connectivity index (χ4n) is 3.39. The van der Waals surface area contributed by atoms with Gasteiger partial charge in [0, 0.05) is 6.07 Å². The van der Waals surface area contributed by atoms with Crippen LogP contribution in [0.3, 0.4) is 0 Å². The Balaban J connectivity index is 1.56. The summed E-state index contributed by atoms with van der Waals surface area (Å²) in [5.74, 6) is 0.447. The molecule has 0 spiro atoms. The number of ether oxygens (including phenoxy) is 2. The highest BCUT2D eigenvalue weighted by Gasteiger charge is 2.36. The molecule has 0 aliphatic carbocycles. The molecule has 0 atom stereocenters. The first-order valence-corrected chi connectivity index (χ1v) is 11.2. The molecule has 34 heavy (non-hydrogen) atoms. The molecule has 4 rings (SSSR count). The van der Waals surface area contributed by atoms with Crippen molar-refractivity contribution in [2.24, 2.45) is 0 Å². The highest BCUT2D eigenvalue weighted by Crippen LogP contribution is 2.37. The van der Waals surface area contributed by atoms with E-state index in [9.17, 15) is 19.7 Å². The number of nitro benzene ring substituents is 1. The van der Waals surface area contributed by atoms with Crippen LogP contribution >= 0.6 is 11.8 Å². The van der Waals surface area contributed by atoms with Crippen LogP contribution in [0.25, 0.3) is 6.08 Å². The van der Waals surface area contributed by atoms with Crippen molar-refractivity contribution in [1.29, 1.82) is 0 Å². The summed E-state index contributed by atoms with van der Waals surface area (Å²) in [6, 6.07) is 20.2. The van der Waals surface area contributed by atoms with Crippen molar-refractivity contribution in [3.05, 3.63) is 98.9 Å². The second kappa shape index (κ2) is 10.2. The average molecular weight is 477 g/mol. The van der Waals surface area contributed by atoms with E-state index >= 15 is 0 Å². The van der Waals surface area contributed by atoms with Crippen molar-refractivity contribution >= 4 is 40.4 Å². The first-order valence-electron chi connectivity index (χ1n) is 10.4. The molecule has 0 unspecified atom stereocenters. The van der Waals surface area contributed by atoms with Gasteiger partial charge in [0.1, 0.15) is 6.61 Å². The average Bonchev–Trinajstić information content (AvgIpc) is 3.12. The van der Waals surface area contributed by atoms with E-state index in [0.29, 0.717) is 39.8 Å². The Morgan fingerprint density at radius 1 is 0.971 bits per heavy atom.